The summed E-state index contributed by atoms with van der Waals surface area (Å²) >= 11 is 0.712. The molecule has 1 saturated heterocycles. The summed E-state index contributed by atoms with van der Waals surface area (Å²) in [6.45, 7) is 1.28. The van der Waals surface area contributed by atoms with E-state index in [-0.39, 0.29) is 76.7 Å². The third kappa shape index (κ3) is 13.0. The molecular formula is C37H34N10O16S5. The lowest BCUT2D eigenvalue weighted by atomic mass is 10.1. The number of fused-ring (bicyclic) bond motifs is 1. The van der Waals surface area contributed by atoms with Gasteiger partial charge >= 0.3 is 0 Å². The van der Waals surface area contributed by atoms with Crippen molar-refractivity contribution in [1.82, 2.24) is 15.0 Å². The Labute approximate surface area is 390 Å². The van der Waals surface area contributed by atoms with E-state index in [9.17, 15) is 51.9 Å². The molecule has 0 spiro atoms. The Morgan fingerprint density at radius 1 is 0.721 bits per heavy atom. The van der Waals surface area contributed by atoms with Crippen LogP contribution in [0.15, 0.2) is 126 Å². The molecule has 7 rings (SSSR count). The van der Waals surface area contributed by atoms with Crippen molar-refractivity contribution in [2.75, 3.05) is 34.4 Å². The van der Waals surface area contributed by atoms with E-state index in [0.717, 1.165) is 12.1 Å². The first-order chi connectivity index (χ1) is 32.0. The van der Waals surface area contributed by atoms with Crippen LogP contribution in [0.25, 0.3) is 10.8 Å². The molecule has 1 aliphatic heterocycles. The van der Waals surface area contributed by atoms with Crippen molar-refractivity contribution < 1.29 is 71.2 Å². The third-order valence-electron chi connectivity index (χ3n) is 9.25. The second-order valence-corrected chi connectivity index (χ2v) is 20.9. The normalized spacial score (nSPS) is 14.5. The molecule has 1 aliphatic rings. The summed E-state index contributed by atoms with van der Waals surface area (Å²) in [6, 6.07) is 21.2. The Morgan fingerprint density at radius 3 is 2.07 bits per heavy atom. The predicted octanol–water partition coefficient (Wildman–Crippen LogP) is 7.26. The van der Waals surface area contributed by atoms with Gasteiger partial charge in [0.25, 0.3) is 40.5 Å². The van der Waals surface area contributed by atoms with Gasteiger partial charge in [-0.05, 0) is 85.6 Å². The van der Waals surface area contributed by atoms with Crippen LogP contribution in [0.4, 0.5) is 52.0 Å². The molecule has 0 bridgehead atoms. The van der Waals surface area contributed by atoms with Crippen LogP contribution in [0, 0.1) is 6.92 Å². The molecule has 1 atom stereocenters. The number of ether oxygens (including phenoxy) is 1. The van der Waals surface area contributed by atoms with Crippen molar-refractivity contribution in [3.63, 3.8) is 0 Å². The number of nitrogens with zero attached hydrogens (tertiary/aromatic N) is 8. The van der Waals surface area contributed by atoms with Gasteiger partial charge in [0.1, 0.15) is 15.5 Å². The molecule has 31 heteroatoms. The molecule has 0 aliphatic carbocycles. The highest BCUT2D eigenvalue weighted by atomic mass is 32.2. The number of hydrogen-bond donors (Lipinski definition) is 7. The topological polar surface area (TPSA) is 381 Å². The van der Waals surface area contributed by atoms with E-state index < -0.39 is 61.4 Å². The van der Waals surface area contributed by atoms with Crippen LogP contribution in [0.1, 0.15) is 12.0 Å². The molecule has 358 valence electrons. The van der Waals surface area contributed by atoms with E-state index >= 15 is 0 Å². The zero-order valence-electron chi connectivity index (χ0n) is 34.4. The number of azo groups is 2. The van der Waals surface area contributed by atoms with Crippen LogP contribution in [0.5, 0.6) is 5.75 Å². The van der Waals surface area contributed by atoms with Gasteiger partial charge in [-0.25, -0.2) is 5.26 Å². The van der Waals surface area contributed by atoms with E-state index in [2.05, 4.69) is 55.4 Å². The second-order valence-electron chi connectivity index (χ2n) is 14.2. The minimum absolute atomic E-state index is 0.0887. The van der Waals surface area contributed by atoms with Crippen LogP contribution >= 0.6 is 12.0 Å². The zero-order chi connectivity index (χ0) is 49.0. The number of aromatic nitrogens is 3. The molecule has 68 heavy (non-hydrogen) atoms. The molecule has 26 nitrogen and oxygen atoms in total. The first-order valence-corrected chi connectivity index (χ1v) is 25.7. The summed E-state index contributed by atoms with van der Waals surface area (Å²) < 4.78 is 144. The van der Waals surface area contributed by atoms with Crippen molar-refractivity contribution in [1.29, 1.82) is 0 Å². The van der Waals surface area contributed by atoms with E-state index in [1.807, 2.05) is 0 Å². The van der Waals surface area contributed by atoms with Gasteiger partial charge in [0, 0.05) is 27.4 Å². The zero-order valence-corrected chi connectivity index (χ0v) is 38.5. The van der Waals surface area contributed by atoms with Gasteiger partial charge in [-0.3, -0.25) is 18.2 Å². The Kier molecular flexibility index (Phi) is 14.6. The van der Waals surface area contributed by atoms with Crippen molar-refractivity contribution in [3.8, 4) is 5.75 Å². The smallest absolute Gasteiger partial charge is 0.295 e. The first-order valence-electron chi connectivity index (χ1n) is 19.0. The lowest BCUT2D eigenvalue weighted by Gasteiger charge is -2.15. The average Bonchev–Trinajstić information content (AvgIpc) is 4.08. The maximum Gasteiger partial charge on any atom is 0.295 e. The van der Waals surface area contributed by atoms with Gasteiger partial charge < -0.3 is 20.3 Å². The van der Waals surface area contributed by atoms with Crippen LogP contribution in [0.2, 0.25) is 0 Å². The Morgan fingerprint density at radius 2 is 1.41 bits per heavy atom. The summed E-state index contributed by atoms with van der Waals surface area (Å²) in [5, 5.41) is 32.9. The fraction of sp³-hybridized carbons (Fsp3) is 0.162. The molecule has 1 fully saturated rings. The lowest BCUT2D eigenvalue weighted by molar-refractivity contribution is -0.432. The molecule has 0 radical (unpaired) electrons. The third-order valence-corrected chi connectivity index (χ3v) is 13.5. The fourth-order valence-electron chi connectivity index (χ4n) is 6.19. The highest BCUT2D eigenvalue weighted by molar-refractivity contribution is 7.94. The highest BCUT2D eigenvalue weighted by Gasteiger charge is 2.46. The van der Waals surface area contributed by atoms with Crippen LogP contribution < -0.4 is 20.3 Å². The number of nitrogens with one attached hydrogen (secondary N) is 2. The SMILES string of the molecule is Cc1cc(Nc2nc(Nc3ccc(N=Nc4cccc(SOOO)c4)cc3OCCCS(=O)(=O)O)nc(N3CC3S(=O)(=O)O)n2)ccc1N=Nc1cc(S(=O)(=O)O)c2cccc(S(=O)(=O)O)c2c1. The molecule has 1 unspecified atom stereocenters. The molecule has 7 N–H and O–H groups in total. The number of hydrogen-bond acceptors (Lipinski definition) is 23. The van der Waals surface area contributed by atoms with Crippen molar-refractivity contribution >= 4 is 115 Å². The van der Waals surface area contributed by atoms with Gasteiger partial charge in [-0.15, -0.1) is 4.33 Å². The Bertz CT molecular complexity index is 3440. The Balaban J connectivity index is 1.17. The van der Waals surface area contributed by atoms with Gasteiger partial charge in [0.05, 0.1) is 59.4 Å². The molecular weight excluding hydrogens is 1000 g/mol. The fourth-order valence-corrected chi connectivity index (χ4v) is 9.27. The summed E-state index contributed by atoms with van der Waals surface area (Å²) in [6.07, 6.45) is -0.111. The van der Waals surface area contributed by atoms with Crippen LogP contribution in [-0.2, 0) is 49.8 Å². The molecule has 5 aromatic carbocycles. The van der Waals surface area contributed by atoms with E-state index in [0.29, 0.717) is 33.9 Å². The Hall–Kier alpha value is -6.36. The monoisotopic (exact) mass is 1030 g/mol. The molecule has 0 saturated carbocycles. The number of anilines is 5. The molecule has 6 aromatic rings. The second kappa shape index (κ2) is 20.1. The van der Waals surface area contributed by atoms with E-state index in [4.69, 9.17) is 9.99 Å². The van der Waals surface area contributed by atoms with Crippen LogP contribution in [-0.4, -0.2) is 96.4 Å². The number of aryl methyl sites for hydroxylation is 1. The minimum atomic E-state index is -4.91. The average molecular weight is 1040 g/mol. The van der Waals surface area contributed by atoms with Crippen molar-refractivity contribution in [3.05, 3.63) is 96.6 Å². The largest absolute Gasteiger partial charge is 0.491 e. The highest BCUT2D eigenvalue weighted by Crippen LogP contribution is 2.37. The summed E-state index contributed by atoms with van der Waals surface area (Å²) in [5.41, 5.74) is 1.73. The molecule has 1 aromatic heterocycles. The van der Waals surface area contributed by atoms with Crippen molar-refractivity contribution in [2.24, 2.45) is 20.5 Å². The van der Waals surface area contributed by atoms with Crippen molar-refractivity contribution in [2.45, 2.75) is 33.4 Å². The van der Waals surface area contributed by atoms with Gasteiger partial charge in [-0.1, -0.05) is 23.2 Å². The predicted molar refractivity (Wildman–Crippen MR) is 242 cm³/mol. The first kappa shape index (κ1) is 49.5. The minimum Gasteiger partial charge on any atom is -0.491 e. The number of benzene rings is 5. The maximum absolute atomic E-state index is 12.3. The van der Waals surface area contributed by atoms with Gasteiger partial charge in [-0.2, -0.15) is 69.1 Å². The summed E-state index contributed by atoms with van der Waals surface area (Å²) in [4.78, 5) is 13.5. The maximum atomic E-state index is 12.3. The quantitative estimate of drug-likeness (QED) is 0.00751. The van der Waals surface area contributed by atoms with E-state index in [1.165, 1.54) is 53.4 Å². The summed E-state index contributed by atoms with van der Waals surface area (Å²) in [7, 11) is -18.6. The lowest BCUT2D eigenvalue weighted by Crippen LogP contribution is -2.15. The molecule has 0 amide bonds. The van der Waals surface area contributed by atoms with Gasteiger partial charge in [0.15, 0.2) is 5.37 Å². The number of rotatable bonds is 20. The summed E-state index contributed by atoms with van der Waals surface area (Å²) in [5.74, 6) is -0.988. The molecule has 2 heterocycles. The van der Waals surface area contributed by atoms with Crippen LogP contribution in [0.3, 0.4) is 0 Å². The van der Waals surface area contributed by atoms with E-state index in [1.54, 1.807) is 37.3 Å². The standard InChI is InChI=1S/C37H34N10O16S5/c1-21-15-22(9-11-29(21)46-45-25-17-28-27(33(19-25)67(55,56)57)7-3-8-32(28)66(52,53)54)38-35-40-36(42-37(41-35)47-20-34(47)68(58,59)60)39-30-12-10-24(18-31(30)61-13-4-14-65(49,50)51)44-43-23-5-2-6-26(16-23)64-63-62-48/h2-3,5-12,15-19,34,48H,4,13-14,20H2,1H3,(H,49,50,51)(H,52,53,54)(H,55,56,57)(H,58,59,60)(H2,38,39,40,41,42). The van der Waals surface area contributed by atoms with Gasteiger partial charge in [0.2, 0.25) is 17.8 Å².